The number of nitrogens with two attached hydrogens (primary N) is 2. The van der Waals surface area contributed by atoms with Crippen LogP contribution in [0.3, 0.4) is 0 Å². The number of anilines is 2. The van der Waals surface area contributed by atoms with E-state index in [1.165, 1.54) is 24.9 Å². The summed E-state index contributed by atoms with van der Waals surface area (Å²) in [6.07, 6.45) is 3.04. The van der Waals surface area contributed by atoms with Crippen LogP contribution in [-0.4, -0.2) is 98.4 Å². The number of amides is 2. The van der Waals surface area contributed by atoms with Crippen molar-refractivity contribution < 1.29 is 43.0 Å². The Bertz CT molecular complexity index is 2030. The van der Waals surface area contributed by atoms with E-state index >= 15 is 4.39 Å². The van der Waals surface area contributed by atoms with E-state index in [2.05, 4.69) is 25.0 Å². The molecule has 2 saturated heterocycles. The Morgan fingerprint density at radius 3 is 2.75 bits per heavy atom. The van der Waals surface area contributed by atoms with E-state index in [1.54, 1.807) is 12.3 Å². The van der Waals surface area contributed by atoms with Gasteiger partial charge in [0.05, 0.1) is 37.5 Å². The number of carbonyl (C=O) groups excluding carboxylic acids is 3. The van der Waals surface area contributed by atoms with Crippen molar-refractivity contribution in [3.05, 3.63) is 63.5 Å². The van der Waals surface area contributed by atoms with E-state index in [9.17, 15) is 19.5 Å². The van der Waals surface area contributed by atoms with E-state index in [4.69, 9.17) is 37.5 Å². The van der Waals surface area contributed by atoms with Gasteiger partial charge in [0.2, 0.25) is 11.5 Å². The lowest BCUT2D eigenvalue weighted by Gasteiger charge is -2.50. The van der Waals surface area contributed by atoms with E-state index < -0.39 is 35.0 Å². The zero-order chi connectivity index (χ0) is 37.4. The minimum Gasteiger partial charge on any atom is -0.543 e. The molecule has 4 aliphatic heterocycles. The van der Waals surface area contributed by atoms with Crippen molar-refractivity contribution in [3.63, 3.8) is 0 Å². The summed E-state index contributed by atoms with van der Waals surface area (Å²) in [4.78, 5) is 56.1. The summed E-state index contributed by atoms with van der Waals surface area (Å²) in [5.74, 6) is -2.54. The number of nitrogen functional groups attached to an aromatic ring is 1. The highest BCUT2D eigenvalue weighted by Crippen LogP contribution is 2.40. The number of fused-ring (bicyclic) bond motifs is 2. The third-order valence-corrected chi connectivity index (χ3v) is 11.3. The molecule has 18 nitrogen and oxygen atoms in total. The minimum atomic E-state index is -1.52. The molecule has 2 atom stereocenters. The van der Waals surface area contributed by atoms with Crippen LogP contribution in [0.1, 0.15) is 29.8 Å². The lowest BCUT2D eigenvalue weighted by atomic mass is 10.0. The van der Waals surface area contributed by atoms with Crippen LogP contribution in [0.15, 0.2) is 46.0 Å². The molecule has 5 N–H and O–H groups in total. The number of aromatic nitrogens is 4. The van der Waals surface area contributed by atoms with E-state index in [1.807, 2.05) is 20.3 Å². The molecule has 0 aliphatic carbocycles. The SMILES string of the molecule is CO/N=C(\C(=O)N[C@@H]1C(=O)N2C(C(=O)[O-])=C(C[n+]3ccc4n3CCN4Cc3c(F)cc(/C(N)=N/OC4CCOCC4)cc3Cl)CS[C@H]12)c1nsc(N)n1. The van der Waals surface area contributed by atoms with Gasteiger partial charge in [-0.15, -0.1) is 21.1 Å². The van der Waals surface area contributed by atoms with E-state index in [0.717, 1.165) is 22.3 Å². The standard InChI is InChI=1S/C31H33ClFN11O7S2/c1-49-38-22(26-37-31(35)53-40-26)27(45)36-23-28(46)44-24(30(47)48)16(14-52-29(23)44)12-42-5-2-21-41(6-7-43(21)42)13-18-19(32)10-15(11-20(18)33)25(34)39-51-17-3-8-50-9-4-17/h2,5,10-11,17,23,29H,3-4,6-9,12-14H2,1H3,(H5-,34,35,36,37,39,40,45,47,48)/b38-22-/t23-,29-/m1/s1. The average Bonchev–Trinajstić information content (AvgIpc) is 3.87. The summed E-state index contributed by atoms with van der Waals surface area (Å²) >= 11 is 8.71. The number of nitrogens with zero attached hydrogens (tertiary/aromatic N) is 8. The van der Waals surface area contributed by atoms with Crippen LogP contribution < -0.4 is 31.5 Å². The van der Waals surface area contributed by atoms with Gasteiger partial charge in [0.25, 0.3) is 11.8 Å². The summed E-state index contributed by atoms with van der Waals surface area (Å²) in [6.45, 7) is 2.50. The first-order valence-corrected chi connectivity index (χ1v) is 18.5. The third-order valence-electron chi connectivity index (χ3n) is 9.06. The first kappa shape index (κ1) is 36.4. The molecule has 0 saturated carbocycles. The highest BCUT2D eigenvalue weighted by molar-refractivity contribution is 8.00. The Hall–Kier alpha value is -4.99. The van der Waals surface area contributed by atoms with Crippen molar-refractivity contribution in [1.29, 1.82) is 0 Å². The van der Waals surface area contributed by atoms with Crippen molar-refractivity contribution in [1.82, 2.24) is 24.3 Å². The van der Waals surface area contributed by atoms with Gasteiger partial charge in [-0.3, -0.25) is 14.5 Å². The number of carboxylic acids is 1. The molecule has 7 rings (SSSR count). The summed E-state index contributed by atoms with van der Waals surface area (Å²) < 4.78 is 28.5. The van der Waals surface area contributed by atoms with Gasteiger partial charge >= 0.3 is 0 Å². The zero-order valence-electron chi connectivity index (χ0n) is 28.1. The number of amidine groups is 1. The van der Waals surface area contributed by atoms with Gasteiger partial charge in [0.1, 0.15) is 30.4 Å². The van der Waals surface area contributed by atoms with E-state index in [0.29, 0.717) is 50.3 Å². The fourth-order valence-corrected chi connectivity index (χ4v) is 8.49. The van der Waals surface area contributed by atoms with Gasteiger partial charge in [0, 0.05) is 64.9 Å². The average molecular weight is 790 g/mol. The number of rotatable bonds is 12. The van der Waals surface area contributed by atoms with Gasteiger partial charge in [-0.2, -0.15) is 9.36 Å². The molecule has 1 aromatic carbocycles. The quantitative estimate of drug-likeness (QED) is 0.0678. The fourth-order valence-electron chi connectivity index (χ4n) is 6.45. The topological polar surface area (TPSA) is 232 Å². The number of halogens is 2. The molecule has 0 unspecified atom stereocenters. The van der Waals surface area contributed by atoms with Crippen LogP contribution >= 0.6 is 34.9 Å². The first-order valence-electron chi connectivity index (χ1n) is 16.3. The maximum absolute atomic E-state index is 15.4. The number of benzene rings is 1. The number of ether oxygens (including phenoxy) is 1. The predicted octanol–water partition coefficient (Wildman–Crippen LogP) is -0.707. The predicted molar refractivity (Wildman–Crippen MR) is 188 cm³/mol. The Morgan fingerprint density at radius 2 is 2.06 bits per heavy atom. The smallest absolute Gasteiger partial charge is 0.278 e. The number of carbonyl (C=O) groups is 3. The highest BCUT2D eigenvalue weighted by atomic mass is 35.5. The van der Waals surface area contributed by atoms with E-state index in [-0.39, 0.29) is 63.7 Å². The summed E-state index contributed by atoms with van der Waals surface area (Å²) in [7, 11) is 1.23. The molecular formula is C31H33ClFN11O7S2. The van der Waals surface area contributed by atoms with Gasteiger partial charge < -0.3 is 46.0 Å². The maximum atomic E-state index is 15.4. The summed E-state index contributed by atoms with van der Waals surface area (Å²) in [5, 5.41) is 22.3. The van der Waals surface area contributed by atoms with Crippen molar-refractivity contribution in [2.24, 2.45) is 16.0 Å². The maximum Gasteiger partial charge on any atom is 0.278 e. The normalized spacial score (nSPS) is 20.6. The highest BCUT2D eigenvalue weighted by Gasteiger charge is 2.53. The van der Waals surface area contributed by atoms with Crippen LogP contribution in [0.4, 0.5) is 15.3 Å². The molecule has 0 spiro atoms. The van der Waals surface area contributed by atoms with Crippen molar-refractivity contribution >= 4 is 75.2 Å². The minimum absolute atomic E-state index is 0.0124. The van der Waals surface area contributed by atoms with Gasteiger partial charge in [-0.25, -0.2) is 4.39 Å². The monoisotopic (exact) mass is 789 g/mol. The Balaban J connectivity index is 1.03. The fraction of sp³-hybridized carbons (Fsp3) is 0.419. The largest absolute Gasteiger partial charge is 0.543 e. The third kappa shape index (κ3) is 7.20. The lowest BCUT2D eigenvalue weighted by Crippen LogP contribution is -2.71. The molecule has 2 aromatic heterocycles. The van der Waals surface area contributed by atoms with Gasteiger partial charge in [0.15, 0.2) is 29.5 Å². The van der Waals surface area contributed by atoms with Crippen LogP contribution in [0.25, 0.3) is 0 Å². The number of β-lactam (4-membered cyclic amide) rings is 1. The second-order valence-electron chi connectivity index (χ2n) is 12.3. The molecule has 53 heavy (non-hydrogen) atoms. The molecule has 6 heterocycles. The number of nitrogens with one attached hydrogen (secondary N) is 1. The number of hydrogen-bond acceptors (Lipinski definition) is 15. The second kappa shape index (κ2) is 15.2. The Kier molecular flexibility index (Phi) is 10.4. The van der Waals surface area contributed by atoms with Crippen molar-refractivity contribution in [2.45, 2.75) is 50.0 Å². The summed E-state index contributed by atoms with van der Waals surface area (Å²) in [6, 6.07) is 3.62. The molecule has 0 bridgehead atoms. The van der Waals surface area contributed by atoms with Crippen molar-refractivity contribution in [2.75, 3.05) is 43.3 Å². The number of hydrogen-bond donors (Lipinski definition) is 3. The molecule has 0 radical (unpaired) electrons. The Morgan fingerprint density at radius 1 is 1.26 bits per heavy atom. The zero-order valence-corrected chi connectivity index (χ0v) is 30.5. The lowest BCUT2D eigenvalue weighted by molar-refractivity contribution is -0.766. The van der Waals surface area contributed by atoms with Gasteiger partial charge in [-0.05, 0) is 12.1 Å². The van der Waals surface area contributed by atoms with Crippen LogP contribution in [0.2, 0.25) is 5.02 Å². The second-order valence-corrected chi connectivity index (χ2v) is 14.6. The molecular weight excluding hydrogens is 757 g/mol. The summed E-state index contributed by atoms with van der Waals surface area (Å²) in [5.41, 5.74) is 12.2. The van der Waals surface area contributed by atoms with Crippen molar-refractivity contribution in [3.8, 4) is 0 Å². The van der Waals surface area contributed by atoms with Crippen LogP contribution in [0.5, 0.6) is 0 Å². The number of carboxylic acid groups (broad SMARTS) is 1. The molecule has 4 aliphatic rings. The number of oxime groups is 2. The molecule has 280 valence electrons. The van der Waals surface area contributed by atoms with Crippen LogP contribution in [-0.2, 0) is 48.4 Å². The molecule has 2 amide bonds. The Labute approximate surface area is 314 Å². The first-order chi connectivity index (χ1) is 25.5. The number of aliphatic carboxylic acids is 1. The number of thioether (sulfide) groups is 1. The molecule has 2 fully saturated rings. The molecule has 22 heteroatoms. The van der Waals surface area contributed by atoms with Crippen LogP contribution in [0, 0.1) is 5.82 Å². The van der Waals surface area contributed by atoms with Gasteiger partial charge in [-0.1, -0.05) is 21.9 Å². The molecule has 3 aromatic rings.